The Morgan fingerprint density at radius 3 is 2.41 bits per heavy atom. The van der Waals surface area contributed by atoms with Gasteiger partial charge in [0.05, 0.1) is 4.90 Å². The molecule has 176 valence electrons. The van der Waals surface area contributed by atoms with Crippen molar-refractivity contribution in [3.05, 3.63) is 30.3 Å². The second kappa shape index (κ2) is 9.51. The summed E-state index contributed by atoms with van der Waals surface area (Å²) in [7, 11) is -1.84. The molecule has 32 heavy (non-hydrogen) atoms. The lowest BCUT2D eigenvalue weighted by atomic mass is 9.77. The van der Waals surface area contributed by atoms with Gasteiger partial charge in [0.25, 0.3) is 5.91 Å². The maximum atomic E-state index is 13.3. The van der Waals surface area contributed by atoms with Crippen LogP contribution in [-0.2, 0) is 14.8 Å². The van der Waals surface area contributed by atoms with Crippen molar-refractivity contribution >= 4 is 21.9 Å². The summed E-state index contributed by atoms with van der Waals surface area (Å²) in [5.41, 5.74) is 5.23. The number of piperidine rings is 1. The maximum absolute atomic E-state index is 13.3. The lowest BCUT2D eigenvalue weighted by molar-refractivity contribution is -0.131. The van der Waals surface area contributed by atoms with E-state index < -0.39 is 15.6 Å². The Kier molecular flexibility index (Phi) is 6.91. The van der Waals surface area contributed by atoms with Crippen LogP contribution in [0.4, 0.5) is 0 Å². The molecule has 3 aliphatic rings. The smallest absolute Gasteiger partial charge is 0.257 e. The van der Waals surface area contributed by atoms with Gasteiger partial charge in [0.2, 0.25) is 10.0 Å². The summed E-state index contributed by atoms with van der Waals surface area (Å²) in [6, 6.07) is 8.60. The zero-order valence-corrected chi connectivity index (χ0v) is 19.9. The molecule has 8 heteroatoms. The van der Waals surface area contributed by atoms with E-state index in [0.29, 0.717) is 36.7 Å². The lowest BCUT2D eigenvalue weighted by Crippen LogP contribution is -2.46. The monoisotopic (exact) mass is 460 g/mol. The van der Waals surface area contributed by atoms with Gasteiger partial charge in [0, 0.05) is 20.1 Å². The molecule has 1 aromatic rings. The van der Waals surface area contributed by atoms with Crippen LogP contribution in [0.1, 0.15) is 64.2 Å². The number of carbonyl (C=O) groups excluding carboxylic acids is 1. The highest BCUT2D eigenvalue weighted by molar-refractivity contribution is 7.89. The summed E-state index contributed by atoms with van der Waals surface area (Å²) in [4.78, 5) is 19.8. The van der Waals surface area contributed by atoms with Gasteiger partial charge in [-0.3, -0.25) is 9.69 Å². The van der Waals surface area contributed by atoms with E-state index in [0.717, 1.165) is 19.3 Å². The molecule has 2 fully saturated rings. The van der Waals surface area contributed by atoms with Crippen molar-refractivity contribution in [3.8, 4) is 0 Å². The average molecular weight is 461 g/mol. The molecule has 2 aliphatic heterocycles. The molecule has 2 atom stereocenters. The van der Waals surface area contributed by atoms with Crippen LogP contribution in [0.2, 0.25) is 0 Å². The molecule has 0 radical (unpaired) electrons. The first-order chi connectivity index (χ1) is 15.3. The van der Waals surface area contributed by atoms with E-state index in [1.54, 1.807) is 35.6 Å². The van der Waals surface area contributed by atoms with E-state index in [1.807, 2.05) is 6.07 Å². The number of sulfonamides is 1. The van der Waals surface area contributed by atoms with Crippen LogP contribution in [0.25, 0.3) is 0 Å². The molecule has 7 nitrogen and oxygen atoms in total. The normalized spacial score (nSPS) is 28.2. The predicted molar refractivity (Wildman–Crippen MR) is 125 cm³/mol. The van der Waals surface area contributed by atoms with Gasteiger partial charge >= 0.3 is 0 Å². The summed E-state index contributed by atoms with van der Waals surface area (Å²) in [6.07, 6.45) is 10.2. The Balaban J connectivity index is 1.50. The van der Waals surface area contributed by atoms with Crippen molar-refractivity contribution in [3.63, 3.8) is 0 Å². The topological polar surface area (TPSA) is 96.1 Å². The number of carbonyl (C=O) groups is 1. The van der Waals surface area contributed by atoms with Gasteiger partial charge in [-0.05, 0) is 56.1 Å². The number of aliphatic imine (C=N–C) groups is 1. The minimum Gasteiger partial charge on any atom is -0.369 e. The van der Waals surface area contributed by atoms with E-state index in [2.05, 4.69) is 0 Å². The number of hydrogen-bond donors (Lipinski definition) is 1. The Labute approximate surface area is 192 Å². The summed E-state index contributed by atoms with van der Waals surface area (Å²) in [6.45, 7) is 0.941. The third-order valence-electron chi connectivity index (χ3n) is 7.55. The quantitative estimate of drug-likeness (QED) is 0.675. The number of nitrogens with two attached hydrogens (primary N) is 1. The summed E-state index contributed by atoms with van der Waals surface area (Å²) < 4.78 is 27.9. The van der Waals surface area contributed by atoms with Crippen LogP contribution in [0.5, 0.6) is 0 Å². The molecule has 1 saturated heterocycles. The number of guanidine groups is 1. The molecule has 4 rings (SSSR count). The zero-order chi connectivity index (χ0) is 22.8. The van der Waals surface area contributed by atoms with Crippen LogP contribution < -0.4 is 5.73 Å². The van der Waals surface area contributed by atoms with Crippen molar-refractivity contribution in [2.24, 2.45) is 22.6 Å². The van der Waals surface area contributed by atoms with Crippen LogP contribution in [0, 0.1) is 11.8 Å². The Morgan fingerprint density at radius 1 is 1.06 bits per heavy atom. The summed E-state index contributed by atoms with van der Waals surface area (Å²) in [5.74, 6) is 0.981. The van der Waals surface area contributed by atoms with E-state index in [1.165, 1.54) is 37.0 Å². The number of rotatable bonds is 7. The minimum atomic E-state index is -3.54. The summed E-state index contributed by atoms with van der Waals surface area (Å²) >= 11 is 0. The number of benzene rings is 1. The van der Waals surface area contributed by atoms with E-state index in [9.17, 15) is 13.2 Å². The third-order valence-corrected chi connectivity index (χ3v) is 9.43. The van der Waals surface area contributed by atoms with Gasteiger partial charge in [-0.15, -0.1) is 0 Å². The first-order valence-corrected chi connectivity index (χ1v) is 13.4. The molecule has 2 heterocycles. The van der Waals surface area contributed by atoms with Crippen molar-refractivity contribution < 1.29 is 13.2 Å². The third kappa shape index (κ3) is 4.71. The van der Waals surface area contributed by atoms with Gasteiger partial charge in [0.15, 0.2) is 5.96 Å². The number of hydrogen-bond acceptors (Lipinski definition) is 5. The van der Waals surface area contributed by atoms with Crippen LogP contribution in [0.3, 0.4) is 0 Å². The Morgan fingerprint density at radius 2 is 1.75 bits per heavy atom. The molecule has 1 aromatic carbocycles. The number of amides is 1. The predicted octanol–water partition coefficient (Wildman–Crippen LogP) is 3.36. The van der Waals surface area contributed by atoms with E-state index >= 15 is 0 Å². The molecule has 0 spiro atoms. The molecular formula is C24H36N4O3S. The summed E-state index contributed by atoms with van der Waals surface area (Å²) in [5, 5.41) is 0. The zero-order valence-electron chi connectivity index (χ0n) is 19.1. The molecule has 0 aromatic heterocycles. The van der Waals surface area contributed by atoms with E-state index in [4.69, 9.17) is 10.7 Å². The van der Waals surface area contributed by atoms with E-state index in [-0.39, 0.29) is 17.8 Å². The minimum absolute atomic E-state index is 0.0335. The lowest BCUT2D eigenvalue weighted by Gasteiger charge is -2.36. The van der Waals surface area contributed by atoms with Gasteiger partial charge in [-0.2, -0.15) is 4.31 Å². The van der Waals surface area contributed by atoms with Crippen molar-refractivity contribution in [1.82, 2.24) is 9.21 Å². The van der Waals surface area contributed by atoms with Crippen molar-refractivity contribution in [2.75, 3.05) is 20.1 Å². The van der Waals surface area contributed by atoms with Crippen LogP contribution >= 0.6 is 0 Å². The highest BCUT2D eigenvalue weighted by atomic mass is 32.2. The molecule has 1 unspecified atom stereocenters. The first-order valence-electron chi connectivity index (χ1n) is 12.0. The Hall–Kier alpha value is -1.93. The largest absolute Gasteiger partial charge is 0.369 e. The number of likely N-dealkylation sites (N-methyl/N-ethyl adjacent to an activating group) is 1. The van der Waals surface area contributed by atoms with Gasteiger partial charge in [-0.25, -0.2) is 13.4 Å². The highest BCUT2D eigenvalue weighted by Crippen LogP contribution is 2.39. The average Bonchev–Trinajstić information content (AvgIpc) is 3.03. The SMILES string of the molecule is CN1C(=O)[C@@](CCC2CCCCC2)(CC2CCCN(S(=O)(=O)c3ccccc3)C2)N=C1N. The fraction of sp³-hybridized carbons (Fsp3) is 0.667. The standard InChI is InChI=1S/C24H36N4O3S/c1-27-22(29)24(26-23(27)25,15-14-19-9-4-2-5-10-19)17-20-11-8-16-28(18-20)32(30,31)21-12-6-3-7-13-21/h3,6-7,12-13,19-20H,2,4-5,8-11,14-18H2,1H3,(H2,25,26)/t20?,24-/m1/s1. The van der Waals surface area contributed by atoms with Gasteiger partial charge in [-0.1, -0.05) is 50.3 Å². The van der Waals surface area contributed by atoms with Crippen molar-refractivity contribution in [2.45, 2.75) is 74.6 Å². The molecule has 1 saturated carbocycles. The highest BCUT2D eigenvalue weighted by Gasteiger charge is 2.48. The van der Waals surface area contributed by atoms with Gasteiger partial charge in [0.1, 0.15) is 5.54 Å². The molecule has 1 amide bonds. The van der Waals surface area contributed by atoms with Crippen molar-refractivity contribution in [1.29, 1.82) is 0 Å². The van der Waals surface area contributed by atoms with Gasteiger partial charge < -0.3 is 5.73 Å². The fourth-order valence-electron chi connectivity index (χ4n) is 5.71. The molecule has 2 N–H and O–H groups in total. The van der Waals surface area contributed by atoms with Crippen LogP contribution in [-0.4, -0.2) is 55.2 Å². The fourth-order valence-corrected chi connectivity index (χ4v) is 7.28. The molecule has 0 bridgehead atoms. The first kappa shape index (κ1) is 23.2. The molecular weight excluding hydrogens is 424 g/mol. The second-order valence-electron chi connectivity index (χ2n) is 9.80. The second-order valence-corrected chi connectivity index (χ2v) is 11.7. The molecule has 1 aliphatic carbocycles. The Bertz CT molecular complexity index is 943. The maximum Gasteiger partial charge on any atom is 0.257 e. The number of nitrogens with zero attached hydrogens (tertiary/aromatic N) is 3. The van der Waals surface area contributed by atoms with Crippen LogP contribution in [0.15, 0.2) is 40.2 Å².